The lowest BCUT2D eigenvalue weighted by atomic mass is 10.0. The minimum Gasteiger partial charge on any atom is -0.465 e. The third-order valence-electron chi connectivity index (χ3n) is 4.31. The summed E-state index contributed by atoms with van der Waals surface area (Å²) >= 11 is 0. The van der Waals surface area contributed by atoms with Gasteiger partial charge < -0.3 is 13.3 Å². The second kappa shape index (κ2) is 7.47. The van der Waals surface area contributed by atoms with Gasteiger partial charge in [-0.05, 0) is 48.7 Å². The molecule has 2 aromatic carbocycles. The number of methoxy groups -OCH3 is 1. The van der Waals surface area contributed by atoms with Gasteiger partial charge in [0.1, 0.15) is 10.5 Å². The van der Waals surface area contributed by atoms with Crippen molar-refractivity contribution in [3.05, 3.63) is 69.6 Å². The summed E-state index contributed by atoms with van der Waals surface area (Å²) < 4.78 is 40.8. The average molecular weight is 402 g/mol. The van der Waals surface area contributed by atoms with Gasteiger partial charge in [0.05, 0.1) is 24.1 Å². The molecule has 0 unspecified atom stereocenters. The van der Waals surface area contributed by atoms with Crippen LogP contribution >= 0.6 is 0 Å². The number of carbonyl (C=O) groups excluding carboxylic acids is 1. The van der Waals surface area contributed by atoms with Gasteiger partial charge in [-0.15, -0.1) is 0 Å². The Morgan fingerprint density at radius 1 is 1.14 bits per heavy atom. The minimum absolute atomic E-state index is 0.164. The van der Waals surface area contributed by atoms with Crippen LogP contribution in [0, 0.1) is 6.92 Å². The van der Waals surface area contributed by atoms with E-state index in [1.165, 1.54) is 24.3 Å². The Labute approximate surface area is 161 Å². The molecule has 0 atom stereocenters. The highest BCUT2D eigenvalue weighted by atomic mass is 32.2. The Bertz CT molecular complexity index is 1220. The third-order valence-corrected chi connectivity index (χ3v) is 5.60. The van der Waals surface area contributed by atoms with Crippen molar-refractivity contribution in [2.75, 3.05) is 7.11 Å². The molecule has 0 amide bonds. The maximum Gasteiger partial charge on any atom is 0.340 e. The van der Waals surface area contributed by atoms with Crippen molar-refractivity contribution in [3.8, 4) is 5.75 Å². The van der Waals surface area contributed by atoms with Crippen molar-refractivity contribution < 1.29 is 26.5 Å². The monoisotopic (exact) mass is 402 g/mol. The van der Waals surface area contributed by atoms with Gasteiger partial charge in [-0.1, -0.05) is 19.1 Å². The van der Waals surface area contributed by atoms with Crippen LogP contribution in [0.15, 0.2) is 56.6 Å². The molecule has 8 heteroatoms. The van der Waals surface area contributed by atoms with Gasteiger partial charge in [-0.25, -0.2) is 9.59 Å². The zero-order valence-corrected chi connectivity index (χ0v) is 16.3. The van der Waals surface area contributed by atoms with Gasteiger partial charge >= 0.3 is 21.7 Å². The van der Waals surface area contributed by atoms with Crippen molar-refractivity contribution >= 4 is 27.1 Å². The van der Waals surface area contributed by atoms with E-state index in [0.717, 1.165) is 24.3 Å². The first-order valence-electron chi connectivity index (χ1n) is 8.46. The van der Waals surface area contributed by atoms with E-state index >= 15 is 0 Å². The topological polar surface area (TPSA) is 99.9 Å². The predicted octanol–water partition coefficient (Wildman–Crippen LogP) is 3.22. The number of hydrogen-bond donors (Lipinski definition) is 0. The number of fused-ring (bicyclic) bond motifs is 1. The molecule has 3 aromatic rings. The molecule has 1 aromatic heterocycles. The highest BCUT2D eigenvalue weighted by Gasteiger charge is 2.26. The van der Waals surface area contributed by atoms with Crippen molar-refractivity contribution in [2.24, 2.45) is 0 Å². The zero-order chi connectivity index (χ0) is 20.5. The van der Waals surface area contributed by atoms with Gasteiger partial charge in [0, 0.05) is 0 Å². The number of carbonyl (C=O) groups is 1. The van der Waals surface area contributed by atoms with E-state index in [-0.39, 0.29) is 21.8 Å². The fourth-order valence-electron chi connectivity index (χ4n) is 2.90. The highest BCUT2D eigenvalue weighted by molar-refractivity contribution is 7.87. The number of ether oxygens (including phenoxy) is 1. The molecular formula is C20H18O7S. The molecule has 0 bridgehead atoms. The van der Waals surface area contributed by atoms with Gasteiger partial charge in [0.2, 0.25) is 0 Å². The first kappa shape index (κ1) is 19.6. The molecule has 0 aliphatic rings. The van der Waals surface area contributed by atoms with Crippen LogP contribution in [0.1, 0.15) is 28.4 Å². The maximum absolute atomic E-state index is 12.9. The van der Waals surface area contributed by atoms with E-state index in [2.05, 4.69) is 4.74 Å². The van der Waals surface area contributed by atoms with Crippen LogP contribution < -0.4 is 9.81 Å². The standard InChI is InChI=1S/C20H18O7S/c1-4-13-10-15-16(9-12(13)2)26-19(21)11-17(15)27-28(23,24)18-8-6-5-7-14(18)20(22)25-3/h5-11H,4H2,1-3H3. The molecule has 0 aliphatic carbocycles. The van der Waals surface area contributed by atoms with E-state index in [0.29, 0.717) is 11.8 Å². The smallest absolute Gasteiger partial charge is 0.340 e. The second-order valence-corrected chi connectivity index (χ2v) is 7.60. The zero-order valence-electron chi connectivity index (χ0n) is 15.5. The Balaban J connectivity index is 2.17. The fraction of sp³-hybridized carbons (Fsp3) is 0.200. The summed E-state index contributed by atoms with van der Waals surface area (Å²) in [6.07, 6.45) is 0.707. The SMILES string of the molecule is CCc1cc2c(OS(=O)(=O)c3ccccc3C(=O)OC)cc(=O)oc2cc1C. The van der Waals surface area contributed by atoms with E-state index in [4.69, 9.17) is 8.60 Å². The second-order valence-electron chi connectivity index (χ2n) is 6.08. The lowest BCUT2D eigenvalue weighted by Crippen LogP contribution is -2.16. The van der Waals surface area contributed by atoms with Gasteiger partial charge in [-0.3, -0.25) is 0 Å². The van der Waals surface area contributed by atoms with Gasteiger partial charge in [0.15, 0.2) is 5.75 Å². The van der Waals surface area contributed by atoms with Crippen LogP contribution in [0.25, 0.3) is 11.0 Å². The molecule has 0 fully saturated rings. The number of esters is 1. The fourth-order valence-corrected chi connectivity index (χ4v) is 4.03. The van der Waals surface area contributed by atoms with Crippen LogP contribution in [0.2, 0.25) is 0 Å². The molecule has 3 rings (SSSR count). The average Bonchev–Trinajstić information content (AvgIpc) is 2.66. The van der Waals surface area contributed by atoms with Crippen molar-refractivity contribution in [2.45, 2.75) is 25.2 Å². The number of rotatable bonds is 5. The Morgan fingerprint density at radius 3 is 2.54 bits per heavy atom. The van der Waals surface area contributed by atoms with E-state index in [1.54, 1.807) is 12.1 Å². The van der Waals surface area contributed by atoms with Gasteiger partial charge in [-0.2, -0.15) is 8.42 Å². The quantitative estimate of drug-likeness (QED) is 0.367. The van der Waals surface area contributed by atoms with Crippen molar-refractivity contribution in [1.82, 2.24) is 0 Å². The highest BCUT2D eigenvalue weighted by Crippen LogP contribution is 2.30. The van der Waals surface area contributed by atoms with Crippen LogP contribution in [-0.2, 0) is 21.3 Å². The summed E-state index contributed by atoms with van der Waals surface area (Å²) in [7, 11) is -3.27. The molecule has 146 valence electrons. The van der Waals surface area contributed by atoms with Crippen molar-refractivity contribution in [1.29, 1.82) is 0 Å². The van der Waals surface area contributed by atoms with E-state index in [1.807, 2.05) is 13.8 Å². The Kier molecular flexibility index (Phi) is 5.24. The first-order valence-corrected chi connectivity index (χ1v) is 9.87. The molecule has 0 spiro atoms. The maximum atomic E-state index is 12.9. The summed E-state index contributed by atoms with van der Waals surface area (Å²) in [6.45, 7) is 3.83. The summed E-state index contributed by atoms with van der Waals surface area (Å²) in [6, 6.07) is 9.87. The molecule has 0 aliphatic heterocycles. The van der Waals surface area contributed by atoms with Crippen LogP contribution in [0.4, 0.5) is 0 Å². The molecular weight excluding hydrogens is 384 g/mol. The largest absolute Gasteiger partial charge is 0.465 e. The lowest BCUT2D eigenvalue weighted by Gasteiger charge is -2.12. The summed E-state index contributed by atoms with van der Waals surface area (Å²) in [5, 5.41) is 0.348. The molecule has 1 heterocycles. The van der Waals surface area contributed by atoms with Crippen molar-refractivity contribution in [3.63, 3.8) is 0 Å². The molecule has 0 radical (unpaired) electrons. The van der Waals surface area contributed by atoms with Crippen LogP contribution in [0.5, 0.6) is 5.75 Å². The third kappa shape index (κ3) is 3.63. The molecule has 0 saturated carbocycles. The Morgan fingerprint density at radius 2 is 1.86 bits per heavy atom. The molecule has 0 saturated heterocycles. The number of benzene rings is 2. The number of hydrogen-bond acceptors (Lipinski definition) is 7. The van der Waals surface area contributed by atoms with Crippen LogP contribution in [-0.4, -0.2) is 21.5 Å². The number of aryl methyl sites for hydroxylation is 2. The molecule has 0 N–H and O–H groups in total. The minimum atomic E-state index is -4.42. The first-order chi connectivity index (χ1) is 13.3. The predicted molar refractivity (Wildman–Crippen MR) is 102 cm³/mol. The summed E-state index contributed by atoms with van der Waals surface area (Å²) in [5.41, 5.74) is 1.17. The Hall–Kier alpha value is -3.13. The van der Waals surface area contributed by atoms with Gasteiger partial charge in [0.25, 0.3) is 0 Å². The van der Waals surface area contributed by atoms with E-state index < -0.39 is 21.7 Å². The normalized spacial score (nSPS) is 11.4. The molecule has 7 nitrogen and oxygen atoms in total. The molecule has 28 heavy (non-hydrogen) atoms. The van der Waals surface area contributed by atoms with Crippen LogP contribution in [0.3, 0.4) is 0 Å². The lowest BCUT2D eigenvalue weighted by molar-refractivity contribution is 0.0596. The summed E-state index contributed by atoms with van der Waals surface area (Å²) in [4.78, 5) is 23.5. The van der Waals surface area contributed by atoms with E-state index in [9.17, 15) is 18.0 Å². The summed E-state index contributed by atoms with van der Waals surface area (Å²) in [5.74, 6) is -0.982.